The molecule has 10 heteroatoms. The van der Waals surface area contributed by atoms with E-state index < -0.39 is 16.1 Å². The molecule has 142 valence electrons. The second kappa shape index (κ2) is 7.75. The van der Waals surface area contributed by atoms with Gasteiger partial charge in [-0.3, -0.25) is 14.4 Å². The Kier molecular flexibility index (Phi) is 5.59. The Morgan fingerprint density at radius 3 is 2.37 bits per heavy atom. The van der Waals surface area contributed by atoms with Gasteiger partial charge in [0.2, 0.25) is 15.9 Å². The van der Waals surface area contributed by atoms with Crippen molar-refractivity contribution in [1.82, 2.24) is 10.2 Å². The normalized spacial score (nSPS) is 14.4. The molecule has 3 amide bonds. The van der Waals surface area contributed by atoms with Crippen LogP contribution in [0.3, 0.4) is 0 Å². The second-order valence-corrected chi connectivity index (χ2v) is 8.57. The number of benzene rings is 2. The monoisotopic (exact) mass is 427 g/mol. The molecule has 1 aliphatic rings. The molecule has 0 saturated carbocycles. The fourth-order valence-electron chi connectivity index (χ4n) is 2.66. The molecule has 1 aliphatic heterocycles. The van der Waals surface area contributed by atoms with E-state index in [2.05, 4.69) is 10.0 Å². The average molecular weight is 428 g/mol. The smallest absolute Gasteiger partial charge is 0.324 e. The number of urea groups is 1. The Morgan fingerprint density at radius 1 is 1.04 bits per heavy atom. The van der Waals surface area contributed by atoms with E-state index in [4.69, 9.17) is 23.2 Å². The third-order valence-electron chi connectivity index (χ3n) is 3.76. The van der Waals surface area contributed by atoms with Crippen molar-refractivity contribution in [2.75, 3.05) is 11.3 Å². The second-order valence-electron chi connectivity index (χ2n) is 5.98. The number of hydrogen-bond acceptors (Lipinski definition) is 4. The van der Waals surface area contributed by atoms with Gasteiger partial charge in [-0.25, -0.2) is 13.2 Å². The highest BCUT2D eigenvalue weighted by Crippen LogP contribution is 2.22. The summed E-state index contributed by atoms with van der Waals surface area (Å²) in [6.07, 6.45) is 0. The number of carbonyl (C=O) groups excluding carboxylic acids is 2. The number of carbonyl (C=O) groups is 2. The molecule has 0 bridgehead atoms. The fourth-order valence-corrected chi connectivity index (χ4v) is 4.40. The van der Waals surface area contributed by atoms with E-state index >= 15 is 0 Å². The average Bonchev–Trinajstić information content (AvgIpc) is 2.85. The van der Waals surface area contributed by atoms with Gasteiger partial charge in [-0.15, -0.1) is 0 Å². The number of anilines is 1. The van der Waals surface area contributed by atoms with Crippen LogP contribution in [0.5, 0.6) is 0 Å². The molecular formula is C17H15Cl2N3O4S. The van der Waals surface area contributed by atoms with Crippen LogP contribution in [0.1, 0.15) is 11.1 Å². The number of nitrogens with one attached hydrogen (secondary N) is 2. The molecule has 0 unspecified atom stereocenters. The lowest BCUT2D eigenvalue weighted by molar-refractivity contribution is -0.125. The van der Waals surface area contributed by atoms with Gasteiger partial charge in [0.25, 0.3) is 0 Å². The summed E-state index contributed by atoms with van der Waals surface area (Å²) >= 11 is 11.8. The molecule has 7 nitrogen and oxygen atoms in total. The van der Waals surface area contributed by atoms with Gasteiger partial charge in [0.15, 0.2) is 0 Å². The van der Waals surface area contributed by atoms with Crippen molar-refractivity contribution < 1.29 is 18.0 Å². The molecule has 2 N–H and O–H groups in total. The van der Waals surface area contributed by atoms with Crippen LogP contribution >= 0.6 is 23.2 Å². The standard InChI is InChI=1S/C17H15Cl2N3O4S/c18-13-4-12(5-14(19)7-13)10-27(25,26)21-15-3-1-2-11(6-15)9-22-16(23)8-20-17(22)24/h1-7,21H,8-10H2,(H,20,24). The van der Waals surface area contributed by atoms with Crippen LogP contribution < -0.4 is 10.0 Å². The quantitative estimate of drug-likeness (QED) is 0.692. The van der Waals surface area contributed by atoms with Gasteiger partial charge in [0.05, 0.1) is 18.8 Å². The maximum Gasteiger partial charge on any atom is 0.324 e. The lowest BCUT2D eigenvalue weighted by Gasteiger charge is -2.14. The summed E-state index contributed by atoms with van der Waals surface area (Å²) in [7, 11) is -3.71. The molecule has 1 saturated heterocycles. The van der Waals surface area contributed by atoms with E-state index in [-0.39, 0.29) is 24.7 Å². The molecule has 0 aromatic heterocycles. The van der Waals surface area contributed by atoms with Crippen molar-refractivity contribution in [3.63, 3.8) is 0 Å². The molecule has 1 fully saturated rings. The first-order chi connectivity index (χ1) is 12.7. The van der Waals surface area contributed by atoms with Crippen molar-refractivity contribution in [1.29, 1.82) is 0 Å². The molecule has 27 heavy (non-hydrogen) atoms. The summed E-state index contributed by atoms with van der Waals surface area (Å²) in [5, 5.41) is 3.13. The van der Waals surface area contributed by atoms with Crippen molar-refractivity contribution in [3.8, 4) is 0 Å². The zero-order chi connectivity index (χ0) is 19.6. The lowest BCUT2D eigenvalue weighted by Crippen LogP contribution is -2.30. The Balaban J connectivity index is 1.73. The Bertz CT molecular complexity index is 975. The number of imide groups is 1. The van der Waals surface area contributed by atoms with E-state index in [1.54, 1.807) is 24.3 Å². The van der Waals surface area contributed by atoms with Crippen LogP contribution in [0.4, 0.5) is 10.5 Å². The van der Waals surface area contributed by atoms with E-state index in [1.165, 1.54) is 18.2 Å². The van der Waals surface area contributed by atoms with Gasteiger partial charge in [0, 0.05) is 15.7 Å². The van der Waals surface area contributed by atoms with Gasteiger partial charge >= 0.3 is 6.03 Å². The predicted octanol–water partition coefficient (Wildman–Crippen LogP) is 2.99. The van der Waals surface area contributed by atoms with Crippen LogP contribution in [0.25, 0.3) is 0 Å². The van der Waals surface area contributed by atoms with Gasteiger partial charge in [-0.2, -0.15) is 0 Å². The minimum atomic E-state index is -3.71. The summed E-state index contributed by atoms with van der Waals surface area (Å²) in [4.78, 5) is 24.4. The van der Waals surface area contributed by atoms with Crippen LogP contribution in [0, 0.1) is 0 Å². The minimum Gasteiger partial charge on any atom is -0.329 e. The van der Waals surface area contributed by atoms with Crippen molar-refractivity contribution in [3.05, 3.63) is 63.6 Å². The summed E-state index contributed by atoms with van der Waals surface area (Å²) in [6, 6.07) is 10.6. The number of rotatable bonds is 6. The Labute approximate surface area is 166 Å². The maximum absolute atomic E-state index is 12.4. The zero-order valence-electron chi connectivity index (χ0n) is 13.9. The number of hydrogen-bond donors (Lipinski definition) is 2. The minimum absolute atomic E-state index is 0.0344. The van der Waals surface area contributed by atoms with Crippen LogP contribution in [-0.2, 0) is 27.1 Å². The van der Waals surface area contributed by atoms with E-state index in [1.807, 2.05) is 0 Å². The highest BCUT2D eigenvalue weighted by atomic mass is 35.5. The summed E-state index contributed by atoms with van der Waals surface area (Å²) in [5.41, 5.74) is 1.40. The first-order valence-electron chi connectivity index (χ1n) is 7.84. The topological polar surface area (TPSA) is 95.6 Å². The Hall–Kier alpha value is -2.29. The van der Waals surface area contributed by atoms with E-state index in [9.17, 15) is 18.0 Å². The molecule has 2 aromatic rings. The van der Waals surface area contributed by atoms with Crippen LogP contribution in [-0.4, -0.2) is 31.8 Å². The number of nitrogens with zero attached hydrogens (tertiary/aromatic N) is 1. The summed E-state index contributed by atoms with van der Waals surface area (Å²) in [6.45, 7) is 0.0253. The number of amides is 3. The first-order valence-corrected chi connectivity index (χ1v) is 10.3. The van der Waals surface area contributed by atoms with E-state index in [0.29, 0.717) is 26.9 Å². The highest BCUT2D eigenvalue weighted by molar-refractivity contribution is 7.91. The SMILES string of the molecule is O=C1CNC(=O)N1Cc1cccc(NS(=O)(=O)Cc2cc(Cl)cc(Cl)c2)c1. The molecule has 0 atom stereocenters. The molecule has 0 aliphatic carbocycles. The summed E-state index contributed by atoms with van der Waals surface area (Å²) in [5.74, 6) is -0.631. The van der Waals surface area contributed by atoms with Crippen molar-refractivity contribution >= 4 is 50.9 Å². The third kappa shape index (κ3) is 5.12. The van der Waals surface area contributed by atoms with Crippen molar-refractivity contribution in [2.45, 2.75) is 12.3 Å². The Morgan fingerprint density at radius 2 is 1.74 bits per heavy atom. The highest BCUT2D eigenvalue weighted by Gasteiger charge is 2.28. The van der Waals surface area contributed by atoms with Gasteiger partial charge in [-0.1, -0.05) is 35.3 Å². The van der Waals surface area contributed by atoms with E-state index in [0.717, 1.165) is 4.90 Å². The first kappa shape index (κ1) is 19.5. The molecule has 2 aromatic carbocycles. The zero-order valence-corrected chi connectivity index (χ0v) is 16.2. The largest absolute Gasteiger partial charge is 0.329 e. The van der Waals surface area contributed by atoms with Crippen molar-refractivity contribution in [2.24, 2.45) is 0 Å². The van der Waals surface area contributed by atoms with Gasteiger partial charge < -0.3 is 5.32 Å². The molecule has 1 heterocycles. The lowest BCUT2D eigenvalue weighted by atomic mass is 10.2. The number of halogens is 2. The predicted molar refractivity (Wildman–Crippen MR) is 103 cm³/mol. The summed E-state index contributed by atoms with van der Waals surface area (Å²) < 4.78 is 27.3. The van der Waals surface area contributed by atoms with Crippen LogP contribution in [0.2, 0.25) is 10.0 Å². The number of sulfonamides is 1. The fraction of sp³-hybridized carbons (Fsp3) is 0.176. The molecule has 3 rings (SSSR count). The van der Waals surface area contributed by atoms with Gasteiger partial charge in [-0.05, 0) is 41.5 Å². The van der Waals surface area contributed by atoms with Gasteiger partial charge in [0.1, 0.15) is 0 Å². The molecule has 0 spiro atoms. The third-order valence-corrected chi connectivity index (χ3v) is 5.45. The van der Waals surface area contributed by atoms with Crippen LogP contribution in [0.15, 0.2) is 42.5 Å². The molecular weight excluding hydrogens is 413 g/mol. The maximum atomic E-state index is 12.4. The molecule has 0 radical (unpaired) electrons.